The van der Waals surface area contributed by atoms with Crippen molar-refractivity contribution in [1.29, 1.82) is 0 Å². The van der Waals surface area contributed by atoms with Gasteiger partial charge in [-0.15, -0.1) is 0 Å². The van der Waals surface area contributed by atoms with E-state index in [1.54, 1.807) is 18.2 Å². The molecule has 3 fully saturated rings. The Morgan fingerprint density at radius 3 is 2.14 bits per heavy atom. The van der Waals surface area contributed by atoms with Crippen molar-refractivity contribution in [2.45, 2.75) is 25.9 Å². The van der Waals surface area contributed by atoms with Crippen molar-refractivity contribution >= 4 is 23.1 Å². The number of hydrogen-bond donors (Lipinski definition) is 1. The van der Waals surface area contributed by atoms with Crippen molar-refractivity contribution in [3.8, 4) is 0 Å². The summed E-state index contributed by atoms with van der Waals surface area (Å²) in [6.07, 6.45) is 2.11. The number of carbonyl (C=O) groups is 2. The molecule has 0 radical (unpaired) electrons. The second-order valence-electron chi connectivity index (χ2n) is 9.37. The highest BCUT2D eigenvalue weighted by molar-refractivity contribution is 5.96. The molecule has 0 spiro atoms. The number of halogens is 1. The maximum absolute atomic E-state index is 13.2. The molecule has 5 nitrogen and oxygen atoms in total. The van der Waals surface area contributed by atoms with E-state index in [1.165, 1.54) is 13.0 Å². The fourth-order valence-electron chi connectivity index (χ4n) is 5.05. The van der Waals surface area contributed by atoms with E-state index in [-0.39, 0.29) is 23.7 Å². The van der Waals surface area contributed by atoms with Crippen LogP contribution < -0.4 is 5.32 Å². The summed E-state index contributed by atoms with van der Waals surface area (Å²) in [6.45, 7) is 4.84. The molecule has 1 unspecified atom stereocenters. The van der Waals surface area contributed by atoms with Gasteiger partial charge in [-0.25, -0.2) is 4.39 Å². The summed E-state index contributed by atoms with van der Waals surface area (Å²) in [7, 11) is 0. The minimum absolute atomic E-state index is 0.00595. The minimum atomic E-state index is -0.239. The topological polar surface area (TPSA) is 55.4 Å². The smallest absolute Gasteiger partial charge is 0.303 e. The van der Waals surface area contributed by atoms with Crippen molar-refractivity contribution in [3.63, 3.8) is 0 Å². The van der Waals surface area contributed by atoms with Gasteiger partial charge in [0.25, 0.3) is 0 Å². The maximum atomic E-state index is 13.2. The summed E-state index contributed by atoms with van der Waals surface area (Å²) >= 11 is 0. The van der Waals surface area contributed by atoms with Gasteiger partial charge in [0.1, 0.15) is 18.9 Å². The predicted molar refractivity (Wildman–Crippen MR) is 135 cm³/mol. The van der Waals surface area contributed by atoms with Crippen LogP contribution in [-0.4, -0.2) is 48.5 Å². The van der Waals surface area contributed by atoms with Crippen LogP contribution in [0.4, 0.5) is 15.8 Å². The highest BCUT2D eigenvalue weighted by Gasteiger charge is 2.48. The molecule has 3 aromatic rings. The minimum Gasteiger partial charge on any atom is -0.456 e. The highest BCUT2D eigenvalue weighted by Crippen LogP contribution is 2.35. The van der Waals surface area contributed by atoms with E-state index < -0.39 is 0 Å². The lowest BCUT2D eigenvalue weighted by Crippen LogP contribution is -2.65. The number of nitrogens with zero attached hydrogens (tertiary/aromatic N) is 1. The van der Waals surface area contributed by atoms with Crippen LogP contribution in [0, 0.1) is 11.7 Å². The van der Waals surface area contributed by atoms with Gasteiger partial charge in [0, 0.05) is 36.9 Å². The maximum Gasteiger partial charge on any atom is 0.303 e. The molecule has 3 saturated heterocycles. The lowest BCUT2D eigenvalue weighted by molar-refractivity contribution is -0.938. The van der Waals surface area contributed by atoms with E-state index in [0.717, 1.165) is 48.2 Å². The number of ketones is 1. The molecule has 6 heteroatoms. The lowest BCUT2D eigenvalue weighted by Gasteiger charge is -2.51. The van der Waals surface area contributed by atoms with Gasteiger partial charge >= 0.3 is 5.97 Å². The van der Waals surface area contributed by atoms with Gasteiger partial charge in [-0.1, -0.05) is 60.7 Å². The Labute approximate surface area is 206 Å². The third-order valence-electron chi connectivity index (χ3n) is 6.86. The molecule has 3 heterocycles. The van der Waals surface area contributed by atoms with E-state index in [0.29, 0.717) is 18.2 Å². The van der Waals surface area contributed by atoms with Gasteiger partial charge in [0.2, 0.25) is 5.78 Å². The number of rotatable bonds is 6. The van der Waals surface area contributed by atoms with Gasteiger partial charge < -0.3 is 14.5 Å². The Morgan fingerprint density at radius 1 is 0.914 bits per heavy atom. The zero-order chi connectivity index (χ0) is 24.7. The number of fused-ring (bicyclic) bond motifs is 3. The third-order valence-corrected chi connectivity index (χ3v) is 6.86. The van der Waals surface area contributed by atoms with Crippen LogP contribution in [-0.2, 0) is 9.53 Å². The first-order valence-corrected chi connectivity index (χ1v) is 12.1. The standard InChI is InChI=1S/C17H22NO3.C12H10FN/c1-13(19)21-17-12-18(9-7-15(17)8-10-18)11-16(20)14-5-3-2-4-6-14;13-11-8-4-5-9-12(11)14-10-6-2-1-3-7-10/h2-6,15,17H,7-12H2,1H3;1-9,14H/q+1;. The predicted octanol–water partition coefficient (Wildman–Crippen LogP) is 5.61. The highest BCUT2D eigenvalue weighted by atomic mass is 19.1. The monoisotopic (exact) mass is 475 g/mol. The largest absolute Gasteiger partial charge is 0.456 e. The van der Waals surface area contributed by atoms with Crippen LogP contribution in [0.3, 0.4) is 0 Å². The molecule has 3 aliphatic rings. The van der Waals surface area contributed by atoms with Gasteiger partial charge in [-0.3, -0.25) is 9.59 Å². The van der Waals surface area contributed by atoms with Crippen LogP contribution in [0.2, 0.25) is 0 Å². The number of piperidine rings is 3. The van der Waals surface area contributed by atoms with Crippen LogP contribution in [0.15, 0.2) is 84.9 Å². The summed E-state index contributed by atoms with van der Waals surface area (Å²) in [5, 5.41) is 3.00. The van der Waals surface area contributed by atoms with Crippen molar-refractivity contribution in [2.75, 3.05) is 31.5 Å². The summed E-state index contributed by atoms with van der Waals surface area (Å²) in [5.74, 6) is 0.232. The van der Waals surface area contributed by atoms with Gasteiger partial charge in [0.05, 0.1) is 18.8 Å². The number of esters is 1. The zero-order valence-electron chi connectivity index (χ0n) is 20.0. The second kappa shape index (κ2) is 11.3. The summed E-state index contributed by atoms with van der Waals surface area (Å²) in [4.78, 5) is 23.7. The molecule has 1 atom stereocenters. The summed E-state index contributed by atoms with van der Waals surface area (Å²) in [6, 6.07) is 25.6. The van der Waals surface area contributed by atoms with Gasteiger partial charge in [-0.2, -0.15) is 0 Å². The average Bonchev–Trinajstić information content (AvgIpc) is 2.87. The molecule has 0 saturated carbocycles. The number of hydrogen-bond acceptors (Lipinski definition) is 4. The van der Waals surface area contributed by atoms with Crippen molar-refractivity contribution in [2.24, 2.45) is 5.92 Å². The van der Waals surface area contributed by atoms with Crippen LogP contribution in [0.25, 0.3) is 0 Å². The zero-order valence-corrected chi connectivity index (χ0v) is 20.0. The number of nitrogens with one attached hydrogen (secondary N) is 1. The lowest BCUT2D eigenvalue weighted by atomic mass is 9.83. The van der Waals surface area contributed by atoms with Crippen molar-refractivity contribution in [1.82, 2.24) is 0 Å². The Morgan fingerprint density at radius 2 is 1.51 bits per heavy atom. The Kier molecular flexibility index (Phi) is 7.93. The Bertz CT molecular complexity index is 1130. The fraction of sp³-hybridized carbons (Fsp3) is 0.310. The second-order valence-corrected chi connectivity index (χ2v) is 9.37. The number of Topliss-reactive ketones (excluding diaryl/α,β-unsaturated/α-hetero) is 1. The normalized spacial score (nSPS) is 22.5. The number of quaternary nitrogens is 1. The molecular formula is C29H32FN2O3+. The van der Waals surface area contributed by atoms with Crippen LogP contribution in [0.5, 0.6) is 0 Å². The van der Waals surface area contributed by atoms with Gasteiger partial charge in [-0.05, 0) is 24.3 Å². The number of anilines is 2. The third kappa shape index (κ3) is 6.55. The first kappa shape index (κ1) is 24.6. The Balaban J connectivity index is 0.000000179. The van der Waals surface area contributed by atoms with E-state index in [4.69, 9.17) is 4.74 Å². The van der Waals surface area contributed by atoms with Crippen molar-refractivity contribution < 1.29 is 23.2 Å². The molecule has 3 aliphatic heterocycles. The molecular weight excluding hydrogens is 443 g/mol. The number of ether oxygens (including phenoxy) is 1. The molecule has 182 valence electrons. The number of para-hydroxylation sites is 2. The van der Waals surface area contributed by atoms with E-state index >= 15 is 0 Å². The van der Waals surface area contributed by atoms with E-state index in [2.05, 4.69) is 5.32 Å². The number of carbonyl (C=O) groups excluding carboxylic acids is 2. The first-order chi connectivity index (χ1) is 16.9. The molecule has 0 aromatic heterocycles. The Hall–Kier alpha value is -3.51. The van der Waals surface area contributed by atoms with Crippen LogP contribution >= 0.6 is 0 Å². The SMILES string of the molecule is CC(=O)OC1C[N+]2(CC(=O)c3ccccc3)CCC1CC2.Fc1ccccc1Nc1ccccc1. The van der Waals surface area contributed by atoms with Gasteiger partial charge in [0.15, 0.2) is 6.10 Å². The summed E-state index contributed by atoms with van der Waals surface area (Å²) in [5.41, 5.74) is 2.16. The van der Waals surface area contributed by atoms with Crippen LogP contribution in [0.1, 0.15) is 30.1 Å². The fourth-order valence-corrected chi connectivity index (χ4v) is 5.05. The molecule has 0 aliphatic carbocycles. The number of benzene rings is 3. The summed E-state index contributed by atoms with van der Waals surface area (Å²) < 4.78 is 19.5. The molecule has 3 aromatic carbocycles. The quantitative estimate of drug-likeness (QED) is 0.286. The van der Waals surface area contributed by atoms with E-state index in [9.17, 15) is 14.0 Å². The molecule has 6 rings (SSSR count). The molecule has 0 amide bonds. The molecule has 2 bridgehead atoms. The van der Waals surface area contributed by atoms with Crippen molar-refractivity contribution in [3.05, 3.63) is 96.3 Å². The molecule has 35 heavy (non-hydrogen) atoms. The van der Waals surface area contributed by atoms with E-state index in [1.807, 2.05) is 60.7 Å². The first-order valence-electron chi connectivity index (χ1n) is 12.1. The average molecular weight is 476 g/mol. The molecule has 1 N–H and O–H groups in total.